The van der Waals surface area contributed by atoms with Gasteiger partial charge in [-0.25, -0.2) is 9.98 Å². The Morgan fingerprint density at radius 2 is 1.19 bits per heavy atom. The number of nitrogens with one attached hydrogen (secondary N) is 2. The fourth-order valence-electron chi connectivity index (χ4n) is 7.02. The average Bonchev–Trinajstić information content (AvgIpc) is 3.04. The van der Waals surface area contributed by atoms with Crippen molar-refractivity contribution in [1.82, 2.24) is 4.90 Å². The highest BCUT2D eigenvalue weighted by atomic mass is 15.4. The summed E-state index contributed by atoms with van der Waals surface area (Å²) in [6.07, 6.45) is 16.0. The summed E-state index contributed by atoms with van der Waals surface area (Å²) in [5, 5.41) is 7.56. The number of nitrogens with zero attached hydrogens (tertiary/aromatic N) is 6. The van der Waals surface area contributed by atoms with Gasteiger partial charge in [0.05, 0.1) is 11.4 Å². The number of rotatable bonds is 6. The predicted molar refractivity (Wildman–Crippen MR) is 199 cm³/mol. The lowest BCUT2D eigenvalue weighted by Crippen LogP contribution is -2.37. The van der Waals surface area contributed by atoms with Crippen molar-refractivity contribution >= 4 is 40.3 Å². The second kappa shape index (κ2) is 12.4. The summed E-state index contributed by atoms with van der Waals surface area (Å²) in [5.41, 5.74) is 8.40. The van der Waals surface area contributed by atoms with E-state index in [0.29, 0.717) is 11.8 Å². The van der Waals surface area contributed by atoms with Crippen LogP contribution in [-0.2, 0) is 0 Å². The summed E-state index contributed by atoms with van der Waals surface area (Å²) in [6.45, 7) is 17.6. The number of allylic oxidation sites excluding steroid dienone is 4. The van der Waals surface area contributed by atoms with E-state index in [1.54, 1.807) is 0 Å². The van der Waals surface area contributed by atoms with E-state index in [9.17, 15) is 0 Å². The lowest BCUT2D eigenvalue weighted by molar-refractivity contribution is 0.577. The quantitative estimate of drug-likeness (QED) is 0.336. The van der Waals surface area contributed by atoms with Gasteiger partial charge in [-0.15, -0.1) is 0 Å². The third kappa shape index (κ3) is 6.87. The van der Waals surface area contributed by atoms with Crippen molar-refractivity contribution in [1.29, 1.82) is 0 Å². The zero-order chi connectivity index (χ0) is 32.8. The van der Waals surface area contributed by atoms with Gasteiger partial charge in [0.15, 0.2) is 5.84 Å². The van der Waals surface area contributed by atoms with Crippen molar-refractivity contribution in [2.75, 3.05) is 46.6 Å². The molecular formula is C39H50N8. The van der Waals surface area contributed by atoms with Crippen LogP contribution in [0.5, 0.6) is 0 Å². The molecule has 0 bridgehead atoms. The largest absolute Gasteiger partial charge is 0.380 e. The fraction of sp³-hybridized carbons (Fsp3) is 0.462. The Bertz CT molecular complexity index is 1630. The maximum Gasteiger partial charge on any atom is 0.238 e. The first-order chi connectivity index (χ1) is 22.5. The molecule has 0 saturated carbocycles. The molecule has 8 nitrogen and oxygen atoms in total. The summed E-state index contributed by atoms with van der Waals surface area (Å²) in [5.74, 6) is 2.14. The van der Waals surface area contributed by atoms with Crippen molar-refractivity contribution in [3.05, 3.63) is 83.3 Å². The van der Waals surface area contributed by atoms with Gasteiger partial charge in [0.2, 0.25) is 5.96 Å². The second-order valence-electron chi connectivity index (χ2n) is 15.4. The maximum atomic E-state index is 5.24. The highest BCUT2D eigenvalue weighted by molar-refractivity contribution is 6.22. The van der Waals surface area contributed by atoms with Gasteiger partial charge in [0.25, 0.3) is 0 Å². The highest BCUT2D eigenvalue weighted by Gasteiger charge is 2.32. The minimum Gasteiger partial charge on any atom is -0.380 e. The molecule has 2 fully saturated rings. The first kappa shape index (κ1) is 31.3. The van der Waals surface area contributed by atoms with Crippen molar-refractivity contribution < 1.29 is 0 Å². The molecule has 0 atom stereocenters. The van der Waals surface area contributed by atoms with E-state index in [1.165, 1.54) is 49.9 Å². The molecule has 0 unspecified atom stereocenters. The van der Waals surface area contributed by atoms with E-state index < -0.39 is 0 Å². The molecule has 2 N–H and O–H groups in total. The van der Waals surface area contributed by atoms with Gasteiger partial charge in [-0.05, 0) is 135 Å². The molecule has 8 heteroatoms. The molecular weight excluding hydrogens is 580 g/mol. The van der Waals surface area contributed by atoms with Crippen LogP contribution in [0.4, 0.5) is 22.7 Å². The zero-order valence-electron chi connectivity index (χ0n) is 29.0. The van der Waals surface area contributed by atoms with Gasteiger partial charge in [-0.2, -0.15) is 4.99 Å². The molecule has 2 aromatic carbocycles. The Balaban J connectivity index is 1.29. The van der Waals surface area contributed by atoms with Crippen molar-refractivity contribution in [2.24, 2.45) is 15.0 Å². The molecule has 7 rings (SSSR count). The topological polar surface area (TPSA) is 70.9 Å². The molecule has 0 aromatic heterocycles. The molecule has 5 heterocycles. The van der Waals surface area contributed by atoms with Crippen molar-refractivity contribution in [2.45, 2.75) is 91.1 Å². The Kier molecular flexibility index (Phi) is 8.23. The van der Waals surface area contributed by atoms with Gasteiger partial charge < -0.3 is 20.4 Å². The Morgan fingerprint density at radius 3 is 1.77 bits per heavy atom. The van der Waals surface area contributed by atoms with E-state index in [2.05, 4.69) is 122 Å². The monoisotopic (exact) mass is 630 g/mol. The lowest BCUT2D eigenvalue weighted by Gasteiger charge is -2.34. The third-order valence-corrected chi connectivity index (χ3v) is 9.12. The Labute approximate surface area is 280 Å². The number of anilines is 4. The maximum absolute atomic E-state index is 5.24. The van der Waals surface area contributed by atoms with E-state index in [0.717, 1.165) is 65.9 Å². The molecule has 0 spiro atoms. The number of benzene rings is 2. The number of piperidine rings is 2. The van der Waals surface area contributed by atoms with E-state index in [4.69, 9.17) is 15.0 Å². The summed E-state index contributed by atoms with van der Waals surface area (Å²) < 4.78 is 0. The number of hydrogen-bond donors (Lipinski definition) is 2. The van der Waals surface area contributed by atoms with Gasteiger partial charge in [0.1, 0.15) is 5.82 Å². The smallest absolute Gasteiger partial charge is 0.238 e. The molecule has 2 aromatic rings. The molecule has 246 valence electrons. The van der Waals surface area contributed by atoms with Gasteiger partial charge in [-0.3, -0.25) is 4.90 Å². The minimum absolute atomic E-state index is 0.108. The van der Waals surface area contributed by atoms with Crippen LogP contribution >= 0.6 is 0 Å². The molecule has 0 radical (unpaired) electrons. The standard InChI is InChI=1S/C39H50N8/c1-38(2,3)43-33-24-27(45-20-9-7-10-21-45)16-18-30(33)32-26-29-14-13-15-35-41-36(42-37(40-32)47(29)35)31-19-17-28(46-22-11-8-12-23-46)25-34(31)44-39(4,5)6/h13-19,24-26,43-44H,7-12,20-23H2,1-6H3. The van der Waals surface area contributed by atoms with Gasteiger partial charge in [0, 0.05) is 71.1 Å². The Morgan fingerprint density at radius 1 is 0.638 bits per heavy atom. The zero-order valence-corrected chi connectivity index (χ0v) is 29.0. The van der Waals surface area contributed by atoms with Crippen LogP contribution in [0, 0.1) is 0 Å². The van der Waals surface area contributed by atoms with Crippen LogP contribution in [-0.4, -0.2) is 59.7 Å². The number of guanidine groups is 1. The summed E-state index contributed by atoms with van der Waals surface area (Å²) >= 11 is 0. The van der Waals surface area contributed by atoms with E-state index >= 15 is 0 Å². The number of hydrogen-bond acceptors (Lipinski definition) is 8. The summed E-state index contributed by atoms with van der Waals surface area (Å²) in [6, 6.07) is 13.5. The first-order valence-corrected chi connectivity index (χ1v) is 17.5. The highest BCUT2D eigenvalue weighted by Crippen LogP contribution is 2.36. The third-order valence-electron chi connectivity index (χ3n) is 9.12. The molecule has 0 amide bonds. The number of amidine groups is 1. The van der Waals surface area contributed by atoms with Gasteiger partial charge >= 0.3 is 0 Å². The predicted octanol–water partition coefficient (Wildman–Crippen LogP) is 8.30. The molecule has 0 aliphatic carbocycles. The van der Waals surface area contributed by atoms with Crippen LogP contribution in [0.2, 0.25) is 0 Å². The van der Waals surface area contributed by atoms with Crippen LogP contribution in [0.1, 0.15) is 91.2 Å². The average molecular weight is 631 g/mol. The van der Waals surface area contributed by atoms with Crippen LogP contribution in [0.25, 0.3) is 0 Å². The Hall–Kier alpha value is -4.33. The first-order valence-electron chi connectivity index (χ1n) is 17.5. The van der Waals surface area contributed by atoms with Crippen molar-refractivity contribution in [3.63, 3.8) is 0 Å². The molecule has 5 aliphatic heterocycles. The molecule has 47 heavy (non-hydrogen) atoms. The second-order valence-corrected chi connectivity index (χ2v) is 15.4. The number of aliphatic imine (C=N–C) groups is 3. The van der Waals surface area contributed by atoms with Crippen LogP contribution in [0.3, 0.4) is 0 Å². The van der Waals surface area contributed by atoms with Gasteiger partial charge in [-0.1, -0.05) is 6.08 Å². The molecule has 5 aliphatic rings. The van der Waals surface area contributed by atoms with Crippen LogP contribution in [0.15, 0.2) is 87.2 Å². The van der Waals surface area contributed by atoms with Crippen molar-refractivity contribution in [3.8, 4) is 0 Å². The van der Waals surface area contributed by atoms with E-state index in [1.807, 2.05) is 6.08 Å². The lowest BCUT2D eigenvalue weighted by atomic mass is 10.00. The van der Waals surface area contributed by atoms with E-state index in [-0.39, 0.29) is 11.1 Å². The minimum atomic E-state index is -0.126. The fourth-order valence-corrected chi connectivity index (χ4v) is 7.02. The normalized spacial score (nSPS) is 19.7. The SMILES string of the molecule is CC(C)(C)Nc1cc(N2CCCCC2)ccc1C1=NC2=NC(c3ccc(N4CCCCC4)cc3NC(C)(C)C)=NC3=CC=CC(=C1)N32. The van der Waals surface area contributed by atoms with Crippen LogP contribution < -0.4 is 20.4 Å². The molecule has 2 saturated heterocycles. The summed E-state index contributed by atoms with van der Waals surface area (Å²) in [7, 11) is 0. The summed E-state index contributed by atoms with van der Waals surface area (Å²) in [4.78, 5) is 22.6.